The van der Waals surface area contributed by atoms with E-state index >= 15 is 0 Å². The summed E-state index contributed by atoms with van der Waals surface area (Å²) in [6.07, 6.45) is 0.685. The third-order valence-electron chi connectivity index (χ3n) is 4.81. The number of ether oxygens (including phenoxy) is 1. The number of methoxy groups -OCH3 is 1. The molecule has 0 aliphatic heterocycles. The van der Waals surface area contributed by atoms with Crippen molar-refractivity contribution in [2.75, 3.05) is 17.1 Å². The van der Waals surface area contributed by atoms with Crippen LogP contribution in [-0.4, -0.2) is 21.4 Å². The highest BCUT2D eigenvalue weighted by Gasteiger charge is 2.20. The number of aryl methyl sites for hydroxylation is 2. The zero-order valence-corrected chi connectivity index (χ0v) is 19.0. The summed E-state index contributed by atoms with van der Waals surface area (Å²) >= 11 is 5.87. The second-order valence-corrected chi connectivity index (χ2v) is 9.01. The van der Waals surface area contributed by atoms with Crippen molar-refractivity contribution < 1.29 is 17.9 Å². The quantitative estimate of drug-likeness (QED) is 0.505. The maximum absolute atomic E-state index is 13.1. The molecule has 0 aliphatic carbocycles. The minimum atomic E-state index is -3.90. The third kappa shape index (κ3) is 5.18. The zero-order chi connectivity index (χ0) is 22.6. The highest BCUT2D eigenvalue weighted by Crippen LogP contribution is 2.30. The lowest BCUT2D eigenvalue weighted by molar-refractivity contribution is 0.102. The van der Waals surface area contributed by atoms with Crippen molar-refractivity contribution in [3.63, 3.8) is 0 Å². The Labute approximate surface area is 187 Å². The Kier molecular flexibility index (Phi) is 6.87. The molecule has 0 aliphatic rings. The molecule has 162 valence electrons. The fourth-order valence-corrected chi connectivity index (χ4v) is 4.44. The summed E-state index contributed by atoms with van der Waals surface area (Å²) < 4.78 is 34.1. The zero-order valence-electron chi connectivity index (χ0n) is 17.4. The lowest BCUT2D eigenvalue weighted by Crippen LogP contribution is -2.17. The van der Waals surface area contributed by atoms with Crippen LogP contribution >= 0.6 is 11.6 Å². The molecule has 0 heterocycles. The van der Waals surface area contributed by atoms with Crippen LogP contribution in [0, 0.1) is 6.92 Å². The molecule has 2 N–H and O–H groups in total. The number of amides is 1. The van der Waals surface area contributed by atoms with Gasteiger partial charge in [-0.3, -0.25) is 9.52 Å². The van der Waals surface area contributed by atoms with Gasteiger partial charge >= 0.3 is 0 Å². The molecule has 0 unspecified atom stereocenters. The van der Waals surface area contributed by atoms with Crippen molar-refractivity contribution in [1.29, 1.82) is 0 Å². The Hall–Kier alpha value is -3.03. The molecule has 0 aromatic heterocycles. The molecular weight excluding hydrogens is 436 g/mol. The van der Waals surface area contributed by atoms with Crippen LogP contribution in [0.5, 0.6) is 5.75 Å². The third-order valence-corrected chi connectivity index (χ3v) is 6.41. The first-order valence-corrected chi connectivity index (χ1v) is 11.5. The molecule has 0 spiro atoms. The number of nitrogens with one attached hydrogen (secondary N) is 2. The summed E-state index contributed by atoms with van der Waals surface area (Å²) in [5.41, 5.74) is 2.91. The van der Waals surface area contributed by atoms with Crippen molar-refractivity contribution in [3.05, 3.63) is 82.4 Å². The number of rotatable bonds is 7. The number of para-hydroxylation sites is 1. The van der Waals surface area contributed by atoms with Crippen molar-refractivity contribution in [2.45, 2.75) is 25.2 Å². The van der Waals surface area contributed by atoms with Crippen LogP contribution in [0.15, 0.2) is 65.6 Å². The van der Waals surface area contributed by atoms with Crippen LogP contribution in [0.4, 0.5) is 11.4 Å². The van der Waals surface area contributed by atoms with Crippen LogP contribution in [0.3, 0.4) is 0 Å². The first-order valence-electron chi connectivity index (χ1n) is 9.61. The average molecular weight is 459 g/mol. The van der Waals surface area contributed by atoms with Gasteiger partial charge in [0, 0.05) is 10.6 Å². The van der Waals surface area contributed by atoms with Crippen LogP contribution in [-0.2, 0) is 16.4 Å². The highest BCUT2D eigenvalue weighted by molar-refractivity contribution is 7.92. The van der Waals surface area contributed by atoms with Gasteiger partial charge in [0.15, 0.2) is 0 Å². The van der Waals surface area contributed by atoms with Crippen LogP contribution in [0.1, 0.15) is 28.4 Å². The van der Waals surface area contributed by atoms with E-state index in [2.05, 4.69) is 10.0 Å². The number of halogens is 1. The fourth-order valence-electron chi connectivity index (χ4n) is 3.11. The highest BCUT2D eigenvalue weighted by atomic mass is 35.5. The van der Waals surface area contributed by atoms with Crippen LogP contribution in [0.2, 0.25) is 5.02 Å². The molecule has 3 aromatic rings. The summed E-state index contributed by atoms with van der Waals surface area (Å²) in [6.45, 7) is 3.81. The summed E-state index contributed by atoms with van der Waals surface area (Å²) in [5.74, 6) is -0.0731. The van der Waals surface area contributed by atoms with E-state index in [4.69, 9.17) is 16.3 Å². The lowest BCUT2D eigenvalue weighted by Gasteiger charge is -2.16. The van der Waals surface area contributed by atoms with E-state index in [-0.39, 0.29) is 10.6 Å². The maximum Gasteiger partial charge on any atom is 0.261 e. The van der Waals surface area contributed by atoms with Crippen LogP contribution < -0.4 is 14.8 Å². The smallest absolute Gasteiger partial charge is 0.261 e. The Balaban J connectivity index is 1.94. The Morgan fingerprint density at radius 1 is 1.06 bits per heavy atom. The van der Waals surface area contributed by atoms with E-state index in [9.17, 15) is 13.2 Å². The predicted octanol–water partition coefficient (Wildman–Crippen LogP) is 5.27. The molecule has 3 aromatic carbocycles. The number of carbonyl (C=O) groups is 1. The minimum Gasteiger partial charge on any atom is -0.495 e. The van der Waals surface area contributed by atoms with Crippen molar-refractivity contribution in [3.8, 4) is 5.75 Å². The van der Waals surface area contributed by atoms with E-state index in [1.807, 2.05) is 32.0 Å². The topological polar surface area (TPSA) is 84.5 Å². The second-order valence-electron chi connectivity index (χ2n) is 6.89. The SMILES string of the molecule is CCc1cccc(C)c1NS(=O)(=O)c1ccc(OC)c(NC(=O)c2ccc(Cl)cc2)c1. The number of hydrogen-bond acceptors (Lipinski definition) is 4. The second kappa shape index (κ2) is 9.41. The average Bonchev–Trinajstić information content (AvgIpc) is 2.75. The molecule has 31 heavy (non-hydrogen) atoms. The number of benzene rings is 3. The molecule has 1 amide bonds. The van der Waals surface area contributed by atoms with Gasteiger partial charge in [-0.2, -0.15) is 0 Å². The largest absolute Gasteiger partial charge is 0.495 e. The van der Waals surface area contributed by atoms with Gasteiger partial charge in [-0.15, -0.1) is 0 Å². The monoisotopic (exact) mass is 458 g/mol. The van der Waals surface area contributed by atoms with Crippen molar-refractivity contribution >= 4 is 38.9 Å². The molecule has 8 heteroatoms. The van der Waals surface area contributed by atoms with E-state index in [1.54, 1.807) is 24.3 Å². The summed E-state index contributed by atoms with van der Waals surface area (Å²) in [4.78, 5) is 12.6. The van der Waals surface area contributed by atoms with Gasteiger partial charge in [-0.1, -0.05) is 36.7 Å². The van der Waals surface area contributed by atoms with Crippen molar-refractivity contribution in [1.82, 2.24) is 0 Å². The summed E-state index contributed by atoms with van der Waals surface area (Å²) in [5, 5.41) is 3.22. The van der Waals surface area contributed by atoms with E-state index in [1.165, 1.54) is 25.3 Å². The molecular formula is C23H23ClN2O4S. The standard InChI is InChI=1S/C23H23ClN2O4S/c1-4-16-7-5-6-15(2)22(16)26-31(28,29)19-12-13-21(30-3)20(14-19)25-23(27)17-8-10-18(24)11-9-17/h5-14,26H,4H2,1-3H3,(H,25,27). The van der Waals surface area contributed by atoms with E-state index < -0.39 is 15.9 Å². The number of anilines is 2. The van der Waals surface area contributed by atoms with Gasteiger partial charge < -0.3 is 10.1 Å². The van der Waals surface area contributed by atoms with Crippen LogP contribution in [0.25, 0.3) is 0 Å². The molecule has 0 saturated heterocycles. The summed E-state index contributed by atoms with van der Waals surface area (Å²) in [6, 6.07) is 16.3. The van der Waals surface area contributed by atoms with E-state index in [0.717, 1.165) is 11.1 Å². The molecule has 0 fully saturated rings. The van der Waals surface area contributed by atoms with Gasteiger partial charge in [0.25, 0.3) is 15.9 Å². The number of carbonyl (C=O) groups excluding carboxylic acids is 1. The lowest BCUT2D eigenvalue weighted by atomic mass is 10.1. The summed E-state index contributed by atoms with van der Waals surface area (Å²) in [7, 11) is -2.45. The molecule has 0 bridgehead atoms. The first-order chi connectivity index (χ1) is 14.7. The molecule has 0 atom stereocenters. The normalized spacial score (nSPS) is 11.1. The Bertz CT molecular complexity index is 1210. The van der Waals surface area contributed by atoms with Gasteiger partial charge in [0.1, 0.15) is 5.75 Å². The molecule has 0 saturated carbocycles. The number of sulfonamides is 1. The fraction of sp³-hybridized carbons (Fsp3) is 0.174. The molecule has 3 rings (SSSR count). The van der Waals surface area contributed by atoms with Gasteiger partial charge in [0.2, 0.25) is 0 Å². The molecule has 6 nitrogen and oxygen atoms in total. The molecule has 0 radical (unpaired) electrons. The Morgan fingerprint density at radius 3 is 2.42 bits per heavy atom. The van der Waals surface area contributed by atoms with Gasteiger partial charge in [0.05, 0.1) is 23.4 Å². The Morgan fingerprint density at radius 2 is 1.77 bits per heavy atom. The number of hydrogen-bond donors (Lipinski definition) is 2. The van der Waals surface area contributed by atoms with Gasteiger partial charge in [-0.05, 0) is 66.9 Å². The minimum absolute atomic E-state index is 0.00464. The van der Waals surface area contributed by atoms with Crippen molar-refractivity contribution in [2.24, 2.45) is 0 Å². The van der Waals surface area contributed by atoms with Gasteiger partial charge in [-0.25, -0.2) is 8.42 Å². The predicted molar refractivity (Wildman–Crippen MR) is 124 cm³/mol. The first kappa shape index (κ1) is 22.7. The van der Waals surface area contributed by atoms with E-state index in [0.29, 0.717) is 28.4 Å². The maximum atomic E-state index is 13.1.